The first kappa shape index (κ1) is 15.2. The van der Waals surface area contributed by atoms with E-state index in [4.69, 9.17) is 0 Å². The number of hydrogen-bond acceptors (Lipinski definition) is 3. The first-order chi connectivity index (χ1) is 9.94. The molecule has 0 saturated carbocycles. The first-order valence-corrected chi connectivity index (χ1v) is 6.44. The molecule has 0 fully saturated rings. The average molecular weight is 294 g/mol. The van der Waals surface area contributed by atoms with E-state index in [1.165, 1.54) is 6.07 Å². The van der Waals surface area contributed by atoms with Crippen LogP contribution in [0.2, 0.25) is 0 Å². The molecule has 0 radical (unpaired) electrons. The Labute approximate surface area is 119 Å². The Morgan fingerprint density at radius 2 is 2.00 bits per heavy atom. The van der Waals surface area contributed by atoms with Crippen LogP contribution >= 0.6 is 0 Å². The summed E-state index contributed by atoms with van der Waals surface area (Å²) in [6.45, 7) is 1.98. The molecule has 0 amide bonds. The highest BCUT2D eigenvalue weighted by Gasteiger charge is 2.32. The largest absolute Gasteiger partial charge is 0.433 e. The molecule has 0 aliphatic heterocycles. The van der Waals surface area contributed by atoms with Gasteiger partial charge in [-0.3, -0.25) is 4.79 Å². The van der Waals surface area contributed by atoms with Gasteiger partial charge in [-0.05, 0) is 36.2 Å². The van der Waals surface area contributed by atoms with E-state index in [-0.39, 0.29) is 5.82 Å². The number of carbonyl (C=O) groups is 1. The summed E-state index contributed by atoms with van der Waals surface area (Å²) in [5, 5.41) is 0. The molecular formula is C15H13F3N2O. The second-order valence-electron chi connectivity index (χ2n) is 4.59. The predicted molar refractivity (Wildman–Crippen MR) is 71.9 cm³/mol. The van der Waals surface area contributed by atoms with Gasteiger partial charge in [0.2, 0.25) is 0 Å². The fraction of sp³-hybridized carbons (Fsp3) is 0.267. The molecule has 0 aliphatic rings. The molecule has 0 atom stereocenters. The van der Waals surface area contributed by atoms with Gasteiger partial charge >= 0.3 is 6.18 Å². The number of hydrogen-bond donors (Lipinski definition) is 0. The Morgan fingerprint density at radius 1 is 1.24 bits per heavy atom. The summed E-state index contributed by atoms with van der Waals surface area (Å²) in [6, 6.07) is 5.74. The molecule has 3 nitrogen and oxygen atoms in total. The number of alkyl halides is 3. The van der Waals surface area contributed by atoms with Gasteiger partial charge in [-0.15, -0.1) is 0 Å². The van der Waals surface area contributed by atoms with E-state index in [1.807, 2.05) is 6.92 Å². The maximum atomic E-state index is 12.7. The molecule has 110 valence electrons. The molecule has 0 saturated heterocycles. The minimum absolute atomic E-state index is 0.0362. The molecule has 2 aromatic rings. The van der Waals surface area contributed by atoms with E-state index in [0.29, 0.717) is 17.4 Å². The number of aromatic nitrogens is 2. The lowest BCUT2D eigenvalue weighted by molar-refractivity contribution is -0.141. The van der Waals surface area contributed by atoms with E-state index in [2.05, 4.69) is 9.97 Å². The van der Waals surface area contributed by atoms with Gasteiger partial charge in [-0.2, -0.15) is 13.2 Å². The van der Waals surface area contributed by atoms with E-state index in [9.17, 15) is 18.0 Å². The second kappa shape index (κ2) is 6.03. The molecule has 21 heavy (non-hydrogen) atoms. The number of rotatable bonds is 4. The number of halogens is 3. The zero-order valence-electron chi connectivity index (χ0n) is 11.3. The van der Waals surface area contributed by atoms with Crippen molar-refractivity contribution in [3.05, 3.63) is 47.3 Å². The van der Waals surface area contributed by atoms with Crippen molar-refractivity contribution in [1.29, 1.82) is 0 Å². The second-order valence-corrected chi connectivity index (χ2v) is 4.59. The quantitative estimate of drug-likeness (QED) is 0.802. The summed E-state index contributed by atoms with van der Waals surface area (Å²) < 4.78 is 38.0. The molecule has 0 unspecified atom stereocenters. The molecule has 6 heteroatoms. The van der Waals surface area contributed by atoms with Crippen molar-refractivity contribution in [2.75, 3.05) is 0 Å². The standard InChI is InChI=1S/C15H13F3N2O/c1-2-3-10-6-11(9-21)8-12(7-10)14-19-5-4-13(20-14)15(16,17)18/h4-9H,2-3H2,1H3. The van der Waals surface area contributed by atoms with Gasteiger partial charge in [-0.1, -0.05) is 13.3 Å². The van der Waals surface area contributed by atoms with Crippen molar-refractivity contribution < 1.29 is 18.0 Å². The molecule has 0 bridgehead atoms. The van der Waals surface area contributed by atoms with Crippen LogP contribution in [0.25, 0.3) is 11.4 Å². The maximum Gasteiger partial charge on any atom is 0.433 e. The first-order valence-electron chi connectivity index (χ1n) is 6.44. The van der Waals surface area contributed by atoms with Crippen LogP contribution in [0.1, 0.15) is 35.0 Å². The van der Waals surface area contributed by atoms with Crippen LogP contribution in [-0.2, 0) is 12.6 Å². The van der Waals surface area contributed by atoms with Crippen LogP contribution in [0.5, 0.6) is 0 Å². The fourth-order valence-electron chi connectivity index (χ4n) is 2.00. The lowest BCUT2D eigenvalue weighted by atomic mass is 10.0. The molecule has 0 aliphatic carbocycles. The van der Waals surface area contributed by atoms with Gasteiger partial charge in [-0.25, -0.2) is 9.97 Å². The molecule has 1 aromatic carbocycles. The molecule has 0 spiro atoms. The van der Waals surface area contributed by atoms with Crippen LogP contribution in [0.4, 0.5) is 13.2 Å². The van der Waals surface area contributed by atoms with Crippen LogP contribution in [-0.4, -0.2) is 16.3 Å². The minimum atomic E-state index is -4.52. The summed E-state index contributed by atoms with van der Waals surface area (Å²) >= 11 is 0. The minimum Gasteiger partial charge on any atom is -0.298 e. The monoisotopic (exact) mass is 294 g/mol. The van der Waals surface area contributed by atoms with Gasteiger partial charge in [0, 0.05) is 17.3 Å². The SMILES string of the molecule is CCCc1cc(C=O)cc(-c2nccc(C(F)(F)F)n2)c1. The summed E-state index contributed by atoms with van der Waals surface area (Å²) in [4.78, 5) is 18.4. The highest BCUT2D eigenvalue weighted by Crippen LogP contribution is 2.29. The van der Waals surface area contributed by atoms with E-state index in [1.54, 1.807) is 12.1 Å². The maximum absolute atomic E-state index is 12.7. The number of benzene rings is 1. The van der Waals surface area contributed by atoms with E-state index >= 15 is 0 Å². The molecule has 1 aromatic heterocycles. The van der Waals surface area contributed by atoms with Crippen molar-refractivity contribution in [2.45, 2.75) is 25.9 Å². The van der Waals surface area contributed by atoms with Crippen LogP contribution in [0, 0.1) is 0 Å². The Morgan fingerprint density at radius 3 is 2.62 bits per heavy atom. The summed E-state index contributed by atoms with van der Waals surface area (Å²) in [5.74, 6) is -0.0362. The Bertz CT molecular complexity index is 654. The lowest BCUT2D eigenvalue weighted by Crippen LogP contribution is -2.09. The van der Waals surface area contributed by atoms with Crippen LogP contribution < -0.4 is 0 Å². The third kappa shape index (κ3) is 3.65. The Kier molecular flexibility index (Phi) is 4.35. The normalized spacial score (nSPS) is 11.4. The van der Waals surface area contributed by atoms with Gasteiger partial charge in [0.05, 0.1) is 0 Å². The van der Waals surface area contributed by atoms with Crippen LogP contribution in [0.3, 0.4) is 0 Å². The zero-order chi connectivity index (χ0) is 15.5. The molecular weight excluding hydrogens is 281 g/mol. The van der Waals surface area contributed by atoms with Gasteiger partial charge in [0.1, 0.15) is 12.0 Å². The summed E-state index contributed by atoms with van der Waals surface area (Å²) in [5.41, 5.74) is 0.685. The average Bonchev–Trinajstić information content (AvgIpc) is 2.46. The summed E-state index contributed by atoms with van der Waals surface area (Å²) in [7, 11) is 0. The summed E-state index contributed by atoms with van der Waals surface area (Å²) in [6.07, 6.45) is -1.19. The topological polar surface area (TPSA) is 42.9 Å². The Hall–Kier alpha value is -2.24. The molecule has 1 heterocycles. The van der Waals surface area contributed by atoms with Gasteiger partial charge in [0.25, 0.3) is 0 Å². The third-order valence-corrected chi connectivity index (χ3v) is 2.89. The van der Waals surface area contributed by atoms with Gasteiger partial charge < -0.3 is 0 Å². The van der Waals surface area contributed by atoms with E-state index < -0.39 is 11.9 Å². The molecule has 0 N–H and O–H groups in total. The highest BCUT2D eigenvalue weighted by atomic mass is 19.4. The number of nitrogens with zero attached hydrogens (tertiary/aromatic N) is 2. The van der Waals surface area contributed by atoms with Crippen molar-refractivity contribution >= 4 is 6.29 Å². The number of carbonyl (C=O) groups excluding carboxylic acids is 1. The number of aryl methyl sites for hydroxylation is 1. The fourth-order valence-corrected chi connectivity index (χ4v) is 2.00. The van der Waals surface area contributed by atoms with E-state index in [0.717, 1.165) is 30.7 Å². The zero-order valence-corrected chi connectivity index (χ0v) is 11.3. The lowest BCUT2D eigenvalue weighted by Gasteiger charge is -2.09. The highest BCUT2D eigenvalue weighted by molar-refractivity contribution is 5.78. The van der Waals surface area contributed by atoms with Crippen LogP contribution in [0.15, 0.2) is 30.5 Å². The third-order valence-electron chi connectivity index (χ3n) is 2.89. The van der Waals surface area contributed by atoms with Crippen molar-refractivity contribution in [3.63, 3.8) is 0 Å². The molecule has 2 rings (SSSR count). The predicted octanol–water partition coefficient (Wildman–Crippen LogP) is 3.93. The number of aldehydes is 1. The van der Waals surface area contributed by atoms with Gasteiger partial charge in [0.15, 0.2) is 5.82 Å². The van der Waals surface area contributed by atoms with Crippen molar-refractivity contribution in [1.82, 2.24) is 9.97 Å². The smallest absolute Gasteiger partial charge is 0.298 e. The van der Waals surface area contributed by atoms with Crippen molar-refractivity contribution in [3.8, 4) is 11.4 Å². The van der Waals surface area contributed by atoms with Crippen molar-refractivity contribution in [2.24, 2.45) is 0 Å². The Balaban J connectivity index is 2.50.